The first-order valence-corrected chi connectivity index (χ1v) is 5.80. The minimum atomic E-state index is 0.511. The van der Waals surface area contributed by atoms with Gasteiger partial charge in [-0.2, -0.15) is 0 Å². The molecule has 0 aliphatic heterocycles. The van der Waals surface area contributed by atoms with E-state index in [2.05, 4.69) is 38.1 Å². The van der Waals surface area contributed by atoms with Gasteiger partial charge < -0.3 is 4.52 Å². The Morgan fingerprint density at radius 2 is 2.14 bits per heavy atom. The summed E-state index contributed by atoms with van der Waals surface area (Å²) in [5.74, 6) is 0. The zero-order valence-electron chi connectivity index (χ0n) is 7.20. The molecule has 0 saturated carbocycles. The summed E-state index contributed by atoms with van der Waals surface area (Å²) in [6, 6.07) is 8.29. The van der Waals surface area contributed by atoms with Crippen LogP contribution in [0.4, 0.5) is 0 Å². The van der Waals surface area contributed by atoms with Crippen molar-refractivity contribution in [3.63, 3.8) is 0 Å². The van der Waals surface area contributed by atoms with Gasteiger partial charge in [-0.3, -0.25) is 0 Å². The van der Waals surface area contributed by atoms with Gasteiger partial charge in [0.15, 0.2) is 0 Å². The molecular formula is C9H7N3OSe. The molecule has 0 atom stereocenters. The summed E-state index contributed by atoms with van der Waals surface area (Å²) in [5, 5.41) is 8.41. The van der Waals surface area contributed by atoms with Crippen LogP contribution in [0.25, 0.3) is 9.78 Å². The van der Waals surface area contributed by atoms with Crippen molar-refractivity contribution in [3.05, 3.63) is 41.8 Å². The van der Waals surface area contributed by atoms with Crippen LogP contribution in [0.15, 0.2) is 46.3 Å². The molecule has 2 aromatic heterocycles. The minimum Gasteiger partial charge on any atom is -0.346 e. The van der Waals surface area contributed by atoms with Gasteiger partial charge in [0, 0.05) is 5.27 Å². The fraction of sp³-hybridized carbons (Fsp3) is 0. The first-order chi connectivity index (χ1) is 6.97. The smallest absolute Gasteiger partial charge is 0.144 e. The topological polar surface area (TPSA) is 51.8 Å². The zero-order valence-corrected chi connectivity index (χ0v) is 8.91. The van der Waals surface area contributed by atoms with E-state index in [1.54, 1.807) is 0 Å². The molecule has 0 N–H and O–H groups in total. The van der Waals surface area contributed by atoms with Crippen LogP contribution in [0.5, 0.6) is 0 Å². The second kappa shape index (κ2) is 4.69. The number of para-hydroxylation sites is 1. The predicted octanol–water partition coefficient (Wildman–Crippen LogP) is 1.36. The molecule has 0 saturated heterocycles. The monoisotopic (exact) mass is 253 g/mol. The zero-order chi connectivity index (χ0) is 9.64. The number of hydrogen-bond acceptors (Lipinski definition) is 4. The van der Waals surface area contributed by atoms with E-state index in [1.807, 2.05) is 11.1 Å². The number of hydrogen-bond donors (Lipinski definition) is 0. The van der Waals surface area contributed by atoms with Gasteiger partial charge in [0.1, 0.15) is 6.26 Å². The molecule has 3 aromatic rings. The average Bonchev–Trinajstić information content (AvgIpc) is 2.92. The Kier molecular flexibility index (Phi) is 3.06. The van der Waals surface area contributed by atoms with Gasteiger partial charge in [-0.15, -0.1) is 5.10 Å². The maximum Gasteiger partial charge on any atom is 0.144 e. The van der Waals surface area contributed by atoms with Gasteiger partial charge in [0.25, 0.3) is 0 Å². The summed E-state index contributed by atoms with van der Waals surface area (Å²) in [4.78, 5) is 4.20. The Balaban J connectivity index is 0.000000128. The first kappa shape index (κ1) is 9.12. The van der Waals surface area contributed by atoms with Crippen molar-refractivity contribution in [2.75, 3.05) is 0 Å². The summed E-state index contributed by atoms with van der Waals surface area (Å²) in [7, 11) is 0. The third kappa shape index (κ3) is 2.28. The van der Waals surface area contributed by atoms with E-state index in [-0.39, 0.29) is 0 Å². The van der Waals surface area contributed by atoms with Gasteiger partial charge in [-0.1, -0.05) is 0 Å². The van der Waals surface area contributed by atoms with Gasteiger partial charge in [-0.25, -0.2) is 0 Å². The summed E-state index contributed by atoms with van der Waals surface area (Å²) in [6.07, 6.45) is 2.88. The standard InChI is InChI=1S/C7H5NSe.C2H2N2O/c1-2-4-7-6(3-1)8-5-9-7;1-2-5-4-3-1/h1-5H;1-2H. The third-order valence-electron chi connectivity index (χ3n) is 1.52. The Hall–Kier alpha value is -1.45. The van der Waals surface area contributed by atoms with Crippen LogP contribution in [0.3, 0.4) is 0 Å². The molecule has 2 heterocycles. The van der Waals surface area contributed by atoms with Crippen molar-refractivity contribution in [3.8, 4) is 0 Å². The van der Waals surface area contributed by atoms with Crippen molar-refractivity contribution in [2.45, 2.75) is 0 Å². The largest absolute Gasteiger partial charge is 0.346 e. The number of fused-ring (bicyclic) bond motifs is 1. The Bertz CT molecular complexity index is 430. The molecule has 0 bridgehead atoms. The van der Waals surface area contributed by atoms with E-state index in [1.165, 1.54) is 16.7 Å². The van der Waals surface area contributed by atoms with Crippen LogP contribution < -0.4 is 0 Å². The van der Waals surface area contributed by atoms with Crippen LogP contribution in [0.2, 0.25) is 0 Å². The minimum absolute atomic E-state index is 0.511. The number of aromatic nitrogens is 3. The molecule has 0 amide bonds. The average molecular weight is 252 g/mol. The summed E-state index contributed by atoms with van der Waals surface area (Å²) in [6.45, 7) is 0. The second-order valence-corrected chi connectivity index (χ2v) is 4.27. The van der Waals surface area contributed by atoms with Crippen molar-refractivity contribution >= 4 is 24.3 Å². The fourth-order valence-corrected chi connectivity index (χ4v) is 2.36. The summed E-state index contributed by atoms with van der Waals surface area (Å²) >= 11 is 0.511. The molecule has 70 valence electrons. The van der Waals surface area contributed by atoms with E-state index < -0.39 is 0 Å². The Labute approximate surface area is 86.3 Å². The normalized spacial score (nSPS) is 9.43. The molecule has 3 rings (SSSR count). The second-order valence-electron chi connectivity index (χ2n) is 2.41. The number of nitrogens with zero attached hydrogens (tertiary/aromatic N) is 3. The van der Waals surface area contributed by atoms with Crippen LogP contribution in [-0.4, -0.2) is 29.9 Å². The van der Waals surface area contributed by atoms with Crippen molar-refractivity contribution in [1.29, 1.82) is 0 Å². The molecule has 0 aliphatic rings. The Morgan fingerprint density at radius 1 is 1.21 bits per heavy atom. The maximum absolute atomic E-state index is 4.22. The van der Waals surface area contributed by atoms with E-state index in [0.29, 0.717) is 14.5 Å². The van der Waals surface area contributed by atoms with E-state index >= 15 is 0 Å². The van der Waals surface area contributed by atoms with Crippen LogP contribution >= 0.6 is 0 Å². The van der Waals surface area contributed by atoms with Gasteiger partial charge in [0.2, 0.25) is 0 Å². The van der Waals surface area contributed by atoms with Crippen molar-refractivity contribution in [2.24, 2.45) is 0 Å². The number of rotatable bonds is 0. The number of benzene rings is 1. The van der Waals surface area contributed by atoms with Crippen LogP contribution in [0, 0.1) is 0 Å². The summed E-state index contributed by atoms with van der Waals surface area (Å²) < 4.78 is 5.63. The third-order valence-corrected chi connectivity index (χ3v) is 3.22. The molecule has 4 nitrogen and oxygen atoms in total. The van der Waals surface area contributed by atoms with Crippen molar-refractivity contribution < 1.29 is 4.52 Å². The quantitative estimate of drug-likeness (QED) is 0.567. The van der Waals surface area contributed by atoms with E-state index in [4.69, 9.17) is 0 Å². The molecule has 0 aliphatic carbocycles. The Morgan fingerprint density at radius 3 is 2.79 bits per heavy atom. The van der Waals surface area contributed by atoms with Gasteiger partial charge in [-0.05, 0) is 0 Å². The molecule has 14 heavy (non-hydrogen) atoms. The fourth-order valence-electron chi connectivity index (χ4n) is 0.939. The SMILES string of the molecule is c1ccc2[se]cnc2c1.c1conn1. The molecule has 0 spiro atoms. The maximum atomic E-state index is 4.22. The van der Waals surface area contributed by atoms with Crippen LogP contribution in [-0.2, 0) is 0 Å². The molecule has 0 radical (unpaired) electrons. The molecule has 5 heteroatoms. The van der Waals surface area contributed by atoms with E-state index in [0.717, 1.165) is 5.52 Å². The van der Waals surface area contributed by atoms with Crippen molar-refractivity contribution in [1.82, 2.24) is 15.4 Å². The predicted molar refractivity (Wildman–Crippen MR) is 53.0 cm³/mol. The van der Waals surface area contributed by atoms with Crippen LogP contribution in [0.1, 0.15) is 0 Å². The van der Waals surface area contributed by atoms with Gasteiger partial charge >= 0.3 is 58.6 Å². The molecule has 1 aromatic carbocycles. The molecule has 0 fully saturated rings. The van der Waals surface area contributed by atoms with Gasteiger partial charge in [0.05, 0.1) is 6.20 Å². The summed E-state index contributed by atoms with van der Waals surface area (Å²) in [5.41, 5.74) is 1.16. The molecular weight excluding hydrogens is 245 g/mol. The molecule has 0 unspecified atom stereocenters. The first-order valence-electron chi connectivity index (χ1n) is 3.96. The van der Waals surface area contributed by atoms with E-state index in [9.17, 15) is 0 Å².